The van der Waals surface area contributed by atoms with Gasteiger partial charge in [0.25, 0.3) is 0 Å². The van der Waals surface area contributed by atoms with Crippen LogP contribution in [-0.2, 0) is 9.63 Å². The lowest BCUT2D eigenvalue weighted by molar-refractivity contribution is -0.110. The number of hydrogen-bond acceptors (Lipinski definition) is 6. The largest absolute Gasteiger partial charge is 0.497 e. The third-order valence-electron chi connectivity index (χ3n) is 3.15. The fraction of sp³-hybridized carbons (Fsp3) is 0.125. The highest BCUT2D eigenvalue weighted by atomic mass is 16.6. The van der Waals surface area contributed by atoms with Crippen LogP contribution in [0.5, 0.6) is 5.75 Å². The van der Waals surface area contributed by atoms with Crippen LogP contribution in [0.25, 0.3) is 6.08 Å². The first-order valence-electron chi connectivity index (χ1n) is 6.85. The molecule has 0 aliphatic heterocycles. The Morgan fingerprint density at radius 2 is 1.87 bits per heavy atom. The number of nitrogens with two attached hydrogens (primary N) is 1. The number of carbonyl (C=O) groups is 1. The van der Waals surface area contributed by atoms with E-state index >= 15 is 0 Å². The number of ether oxygens (including phenoxy) is 1. The first kappa shape index (κ1) is 16.5. The summed E-state index contributed by atoms with van der Waals surface area (Å²) >= 11 is 0. The molecule has 7 heteroatoms. The monoisotopic (exact) mass is 314 g/mol. The van der Waals surface area contributed by atoms with Crippen molar-refractivity contribution in [2.75, 3.05) is 7.11 Å². The Balaban J connectivity index is 2.11. The minimum Gasteiger partial charge on any atom is -0.497 e. The topological polar surface area (TPSA) is 98.5 Å². The summed E-state index contributed by atoms with van der Waals surface area (Å²) in [5, 5.41) is 0. The van der Waals surface area contributed by atoms with E-state index in [0.717, 1.165) is 22.6 Å². The first-order chi connectivity index (χ1) is 11.3. The van der Waals surface area contributed by atoms with Crippen LogP contribution in [0.4, 0.5) is 0 Å². The molecule has 0 saturated carbocycles. The summed E-state index contributed by atoms with van der Waals surface area (Å²) in [6.45, 7) is 0. The van der Waals surface area contributed by atoms with E-state index in [-0.39, 0.29) is 0 Å². The number of benzene rings is 1. The Bertz CT molecular complexity index is 641. The molecular formula is C16H18N4O3. The average molecular weight is 314 g/mol. The molecule has 1 aromatic heterocycles. The molecule has 1 heterocycles. The van der Waals surface area contributed by atoms with Crippen LogP contribution in [0.1, 0.15) is 22.9 Å². The molecule has 1 atom stereocenters. The van der Waals surface area contributed by atoms with Crippen molar-refractivity contribution in [3.05, 3.63) is 65.6 Å². The van der Waals surface area contributed by atoms with Crippen molar-refractivity contribution in [2.45, 2.75) is 6.10 Å². The van der Waals surface area contributed by atoms with Crippen molar-refractivity contribution in [3.63, 3.8) is 0 Å². The summed E-state index contributed by atoms with van der Waals surface area (Å²) in [7, 11) is 1.61. The molecule has 4 N–H and O–H groups in total. The zero-order valence-corrected chi connectivity index (χ0v) is 12.6. The van der Waals surface area contributed by atoms with Gasteiger partial charge in [0.2, 0.25) is 6.41 Å². The Labute approximate surface area is 134 Å². The molecule has 0 bridgehead atoms. The highest BCUT2D eigenvalue weighted by Crippen LogP contribution is 2.25. The van der Waals surface area contributed by atoms with Gasteiger partial charge in [-0.3, -0.25) is 20.0 Å². The molecule has 23 heavy (non-hydrogen) atoms. The van der Waals surface area contributed by atoms with Crippen LogP contribution in [0, 0.1) is 0 Å². The van der Waals surface area contributed by atoms with Crippen LogP contribution < -0.4 is 21.5 Å². The summed E-state index contributed by atoms with van der Waals surface area (Å²) in [6, 6.07) is 11.2. The van der Waals surface area contributed by atoms with Crippen LogP contribution >= 0.6 is 0 Å². The van der Waals surface area contributed by atoms with E-state index in [0.29, 0.717) is 6.41 Å². The summed E-state index contributed by atoms with van der Waals surface area (Å²) < 4.78 is 5.13. The molecule has 0 fully saturated rings. The molecular weight excluding hydrogens is 296 g/mol. The summed E-state index contributed by atoms with van der Waals surface area (Å²) in [5.41, 5.74) is 7.32. The molecule has 0 aliphatic carbocycles. The van der Waals surface area contributed by atoms with Gasteiger partial charge in [-0.2, -0.15) is 0 Å². The summed E-state index contributed by atoms with van der Waals surface area (Å²) in [6.07, 6.45) is 5.09. The molecule has 2 rings (SSSR count). The van der Waals surface area contributed by atoms with Crippen molar-refractivity contribution >= 4 is 12.5 Å². The third-order valence-corrected chi connectivity index (χ3v) is 3.15. The molecule has 0 aliphatic rings. The highest BCUT2D eigenvalue weighted by Gasteiger charge is 2.14. The van der Waals surface area contributed by atoms with Gasteiger partial charge in [-0.05, 0) is 29.8 Å². The number of methoxy groups -OCH3 is 1. The van der Waals surface area contributed by atoms with Gasteiger partial charge < -0.3 is 10.2 Å². The van der Waals surface area contributed by atoms with Crippen molar-refractivity contribution < 1.29 is 14.4 Å². The maximum absolute atomic E-state index is 10.1. The van der Waals surface area contributed by atoms with Gasteiger partial charge in [0.15, 0.2) is 0 Å². The number of rotatable bonds is 8. The van der Waals surface area contributed by atoms with Crippen LogP contribution in [0.3, 0.4) is 0 Å². The number of pyridine rings is 1. The Hall–Kier alpha value is -2.90. The first-order valence-corrected chi connectivity index (χ1v) is 6.85. The van der Waals surface area contributed by atoms with E-state index < -0.39 is 6.10 Å². The number of nitrogens with zero attached hydrogens (tertiary/aromatic N) is 1. The van der Waals surface area contributed by atoms with Crippen molar-refractivity contribution in [2.24, 2.45) is 5.90 Å². The van der Waals surface area contributed by atoms with E-state index in [1.54, 1.807) is 25.6 Å². The van der Waals surface area contributed by atoms with Crippen molar-refractivity contribution in [1.82, 2.24) is 15.8 Å². The number of hydrazine groups is 1. The lowest BCUT2D eigenvalue weighted by Gasteiger charge is -2.15. The highest BCUT2D eigenvalue weighted by molar-refractivity contribution is 5.47. The van der Waals surface area contributed by atoms with Gasteiger partial charge in [-0.25, -0.2) is 5.90 Å². The zero-order chi connectivity index (χ0) is 16.5. The minimum atomic E-state index is -0.415. The van der Waals surface area contributed by atoms with E-state index in [9.17, 15) is 4.79 Å². The van der Waals surface area contributed by atoms with Gasteiger partial charge in [0, 0.05) is 18.0 Å². The fourth-order valence-corrected chi connectivity index (χ4v) is 2.01. The normalized spacial score (nSPS) is 11.9. The second-order valence-corrected chi connectivity index (χ2v) is 4.55. The number of amides is 1. The standard InChI is InChI=1S/C16H18N4O3/c1-22-15-6-3-12(4-7-15)16(23-17)13-2-5-14(18-10-13)8-9-19-20-11-21/h2-11,16,19H,17H2,1H3,(H,20,21)/b9-8+. The Morgan fingerprint density at radius 1 is 1.13 bits per heavy atom. The lowest BCUT2D eigenvalue weighted by Crippen LogP contribution is -2.24. The van der Waals surface area contributed by atoms with E-state index in [4.69, 9.17) is 15.5 Å². The van der Waals surface area contributed by atoms with Gasteiger partial charge in [0.05, 0.1) is 12.8 Å². The molecule has 1 amide bonds. The predicted octanol–water partition coefficient (Wildman–Crippen LogP) is 1.29. The van der Waals surface area contributed by atoms with Crippen LogP contribution in [0.15, 0.2) is 48.8 Å². The lowest BCUT2D eigenvalue weighted by atomic mass is 10.0. The van der Waals surface area contributed by atoms with Gasteiger partial charge in [-0.15, -0.1) is 0 Å². The summed E-state index contributed by atoms with van der Waals surface area (Å²) in [4.78, 5) is 19.5. The van der Waals surface area contributed by atoms with E-state index in [2.05, 4.69) is 15.8 Å². The molecule has 1 unspecified atom stereocenters. The van der Waals surface area contributed by atoms with Crippen molar-refractivity contribution in [1.29, 1.82) is 0 Å². The summed E-state index contributed by atoms with van der Waals surface area (Å²) in [5.74, 6) is 6.20. The van der Waals surface area contributed by atoms with E-state index in [1.165, 1.54) is 0 Å². The number of aromatic nitrogens is 1. The van der Waals surface area contributed by atoms with Crippen LogP contribution in [0.2, 0.25) is 0 Å². The smallest absolute Gasteiger partial charge is 0.225 e. The SMILES string of the molecule is COc1ccc(C(ON)c2ccc(/C=C/NNC=O)nc2)cc1. The van der Waals surface area contributed by atoms with E-state index in [1.807, 2.05) is 36.4 Å². The Kier molecular flexibility index (Phi) is 6.10. The quantitative estimate of drug-likeness (QED) is 0.386. The van der Waals surface area contributed by atoms with Gasteiger partial charge >= 0.3 is 0 Å². The Morgan fingerprint density at radius 3 is 2.43 bits per heavy atom. The maximum atomic E-state index is 10.1. The number of nitrogens with one attached hydrogen (secondary N) is 2. The third kappa shape index (κ3) is 4.53. The predicted molar refractivity (Wildman–Crippen MR) is 85.7 cm³/mol. The van der Waals surface area contributed by atoms with Gasteiger partial charge in [-0.1, -0.05) is 18.2 Å². The number of carbonyl (C=O) groups excluding carboxylic acids is 1. The minimum absolute atomic E-state index is 0.415. The maximum Gasteiger partial charge on any atom is 0.225 e. The molecule has 0 saturated heterocycles. The van der Waals surface area contributed by atoms with Crippen molar-refractivity contribution in [3.8, 4) is 5.75 Å². The van der Waals surface area contributed by atoms with Crippen LogP contribution in [-0.4, -0.2) is 18.5 Å². The molecule has 0 spiro atoms. The number of hydrogen-bond donors (Lipinski definition) is 3. The molecule has 1 aromatic carbocycles. The fourth-order valence-electron chi connectivity index (χ4n) is 2.01. The second kappa shape index (κ2) is 8.52. The molecule has 120 valence electrons. The molecule has 2 aromatic rings. The molecule has 7 nitrogen and oxygen atoms in total. The molecule has 0 radical (unpaired) electrons. The van der Waals surface area contributed by atoms with Gasteiger partial charge in [0.1, 0.15) is 11.9 Å². The zero-order valence-electron chi connectivity index (χ0n) is 12.6. The average Bonchev–Trinajstić information content (AvgIpc) is 2.61. The second-order valence-electron chi connectivity index (χ2n) is 4.55.